The molecule has 0 amide bonds. The first-order chi connectivity index (χ1) is 36.7. The Kier molecular flexibility index (Phi) is 8.44. The maximum absolute atomic E-state index is 16.2. The molecule has 10 aromatic carbocycles. The molecule has 346 valence electrons. The van der Waals surface area contributed by atoms with Crippen LogP contribution in [0.4, 0.5) is 0 Å². The van der Waals surface area contributed by atoms with Crippen LogP contribution in [0.5, 0.6) is 0 Å². The van der Waals surface area contributed by atoms with Crippen LogP contribution in [0.1, 0.15) is 0 Å². The van der Waals surface area contributed by atoms with E-state index in [-0.39, 0.29) is 5.69 Å². The van der Waals surface area contributed by atoms with Crippen molar-refractivity contribution >= 4 is 98.4 Å². The predicted octanol–water partition coefficient (Wildman–Crippen LogP) is 15.6. The molecule has 16 aromatic rings. The summed E-state index contributed by atoms with van der Waals surface area (Å²) in [5, 5.41) is 9.27. The van der Waals surface area contributed by atoms with E-state index in [0.717, 1.165) is 110 Å². The van der Waals surface area contributed by atoms with Gasteiger partial charge in [-0.05, 0) is 97.1 Å². The topological polar surface area (TPSA) is 59.5 Å². The molecule has 0 saturated heterocycles. The molecule has 6 aromatic heterocycles. The second-order valence-electron chi connectivity index (χ2n) is 19.2. The third-order valence-corrected chi connectivity index (χ3v) is 15.2. The minimum atomic E-state index is -0.237. The van der Waals surface area contributed by atoms with Crippen molar-refractivity contribution in [2.24, 2.45) is 0 Å². The number of hydrogen-bond acceptors (Lipinski definition) is 2. The van der Waals surface area contributed by atoms with Gasteiger partial charge < -0.3 is 18.3 Å². The first-order valence-corrected chi connectivity index (χ1v) is 25.0. The van der Waals surface area contributed by atoms with Crippen molar-refractivity contribution in [1.29, 1.82) is 0 Å². The zero-order chi connectivity index (χ0) is 48.6. The second-order valence-corrected chi connectivity index (χ2v) is 19.2. The number of benzene rings is 10. The molecular formula is C66H41N7O. The van der Waals surface area contributed by atoms with Gasteiger partial charge in [-0.2, -0.15) is 0 Å². The van der Waals surface area contributed by atoms with Crippen molar-refractivity contribution in [3.05, 3.63) is 259 Å². The zero-order valence-electron chi connectivity index (χ0n) is 39.7. The highest BCUT2D eigenvalue weighted by atomic mass is 16.1. The summed E-state index contributed by atoms with van der Waals surface area (Å²) >= 11 is 0. The SMILES string of the molecule is O=c1n(-c2cc(-n3c4ccccc4c4ccccc43)cc(-n3c4ccccc4c4ccccc43)c2)c2cccnc2n1-c1cc(-n2c3ccccc3c3ccccc32)cc(-n2c3ccccc3c3ccccc32)c1. The number of pyridine rings is 1. The molecule has 74 heavy (non-hydrogen) atoms. The van der Waals surface area contributed by atoms with Crippen LogP contribution in [0.2, 0.25) is 0 Å². The van der Waals surface area contributed by atoms with Crippen LogP contribution in [-0.4, -0.2) is 32.4 Å². The van der Waals surface area contributed by atoms with Gasteiger partial charge in [0.1, 0.15) is 0 Å². The van der Waals surface area contributed by atoms with E-state index in [1.54, 1.807) is 10.8 Å². The van der Waals surface area contributed by atoms with Crippen LogP contribution in [0, 0.1) is 0 Å². The van der Waals surface area contributed by atoms with Gasteiger partial charge >= 0.3 is 5.69 Å². The van der Waals surface area contributed by atoms with Crippen molar-refractivity contribution in [2.45, 2.75) is 0 Å². The lowest BCUT2D eigenvalue weighted by Crippen LogP contribution is -2.23. The summed E-state index contributed by atoms with van der Waals surface area (Å²) in [6.07, 6.45) is 1.78. The molecule has 0 fully saturated rings. The van der Waals surface area contributed by atoms with Gasteiger partial charge in [-0.25, -0.2) is 14.3 Å². The van der Waals surface area contributed by atoms with Crippen molar-refractivity contribution < 1.29 is 0 Å². The largest absolute Gasteiger partial charge is 0.339 e. The number of para-hydroxylation sites is 8. The minimum Gasteiger partial charge on any atom is -0.309 e. The third-order valence-electron chi connectivity index (χ3n) is 15.2. The molecule has 0 N–H and O–H groups in total. The molecule has 0 aliphatic rings. The summed E-state index contributed by atoms with van der Waals surface area (Å²) in [4.78, 5) is 21.3. The summed E-state index contributed by atoms with van der Waals surface area (Å²) in [6.45, 7) is 0. The molecule has 0 aliphatic heterocycles. The minimum absolute atomic E-state index is 0.237. The van der Waals surface area contributed by atoms with Crippen molar-refractivity contribution in [1.82, 2.24) is 32.4 Å². The maximum Gasteiger partial charge on any atom is 0.339 e. The molecule has 6 heterocycles. The van der Waals surface area contributed by atoms with Gasteiger partial charge in [-0.3, -0.25) is 4.57 Å². The molecular weight excluding hydrogens is 907 g/mol. The molecule has 0 aliphatic carbocycles. The zero-order valence-corrected chi connectivity index (χ0v) is 39.7. The van der Waals surface area contributed by atoms with Crippen LogP contribution >= 0.6 is 0 Å². The number of rotatable bonds is 6. The molecule has 0 radical (unpaired) electrons. The molecule has 0 saturated carbocycles. The van der Waals surface area contributed by atoms with E-state index in [9.17, 15) is 0 Å². The van der Waals surface area contributed by atoms with E-state index >= 15 is 4.79 Å². The third kappa shape index (κ3) is 5.67. The number of fused-ring (bicyclic) bond motifs is 13. The lowest BCUT2D eigenvalue weighted by molar-refractivity contribution is 0.919. The Morgan fingerprint density at radius 3 is 0.716 bits per heavy atom. The van der Waals surface area contributed by atoms with Crippen LogP contribution in [-0.2, 0) is 0 Å². The Balaban J connectivity index is 1.01. The summed E-state index contributed by atoms with van der Waals surface area (Å²) in [5.74, 6) is 0. The van der Waals surface area contributed by atoms with E-state index in [1.807, 2.05) is 16.7 Å². The van der Waals surface area contributed by atoms with Gasteiger partial charge in [-0.1, -0.05) is 146 Å². The Hall–Kier alpha value is -10.2. The highest BCUT2D eigenvalue weighted by Gasteiger charge is 2.24. The maximum atomic E-state index is 16.2. The van der Waals surface area contributed by atoms with Crippen LogP contribution in [0.15, 0.2) is 254 Å². The Morgan fingerprint density at radius 2 is 0.446 bits per heavy atom. The number of hydrogen-bond donors (Lipinski definition) is 0. The molecule has 0 atom stereocenters. The summed E-state index contributed by atoms with van der Waals surface area (Å²) in [6, 6.07) is 85.6. The summed E-state index contributed by atoms with van der Waals surface area (Å²) < 4.78 is 13.0. The molecule has 0 spiro atoms. The summed E-state index contributed by atoms with van der Waals surface area (Å²) in [7, 11) is 0. The fourth-order valence-corrected chi connectivity index (χ4v) is 12.2. The highest BCUT2D eigenvalue weighted by Crippen LogP contribution is 2.40. The van der Waals surface area contributed by atoms with Crippen molar-refractivity contribution in [3.8, 4) is 34.1 Å². The average molecular weight is 948 g/mol. The van der Waals surface area contributed by atoms with Gasteiger partial charge in [-0.15, -0.1) is 0 Å². The standard InChI is InChI=1S/C66H41N7O/c74-66-72(46-38-42(68-56-26-9-1-18-48(56)49-19-2-10-27-57(49)68)36-43(39-46)69-58-28-11-3-20-50(58)51-21-4-12-29-59(51)69)64-34-17-35-67-65(64)73(66)47-40-44(70-60-30-13-5-22-52(60)53-23-6-14-31-61(53)70)37-45(41-47)71-62-32-15-7-24-54(62)55-25-8-16-33-63(55)71/h1-41H. The predicted molar refractivity (Wildman–Crippen MR) is 304 cm³/mol. The van der Waals surface area contributed by atoms with E-state index in [1.165, 1.54) is 0 Å². The fourth-order valence-electron chi connectivity index (χ4n) is 12.2. The monoisotopic (exact) mass is 947 g/mol. The lowest BCUT2D eigenvalue weighted by Gasteiger charge is -2.16. The Morgan fingerprint density at radius 1 is 0.230 bits per heavy atom. The second kappa shape index (κ2) is 15.4. The summed E-state index contributed by atoms with van der Waals surface area (Å²) in [5.41, 5.74) is 14.7. The Bertz CT molecular complexity index is 4280. The number of aromatic nitrogens is 7. The van der Waals surface area contributed by atoms with Crippen molar-refractivity contribution in [3.63, 3.8) is 0 Å². The molecule has 16 rings (SSSR count). The first-order valence-electron chi connectivity index (χ1n) is 25.0. The van der Waals surface area contributed by atoms with Gasteiger partial charge in [0.25, 0.3) is 0 Å². The first kappa shape index (κ1) is 40.5. The van der Waals surface area contributed by atoms with E-state index in [4.69, 9.17) is 4.98 Å². The Labute approximate surface area is 422 Å². The fraction of sp³-hybridized carbons (Fsp3) is 0. The normalized spacial score (nSPS) is 12.1. The molecule has 8 nitrogen and oxygen atoms in total. The highest BCUT2D eigenvalue weighted by molar-refractivity contribution is 6.12. The van der Waals surface area contributed by atoms with Crippen LogP contribution < -0.4 is 5.69 Å². The molecule has 0 unspecified atom stereocenters. The van der Waals surface area contributed by atoms with Gasteiger partial charge in [0.05, 0.1) is 83.8 Å². The van der Waals surface area contributed by atoms with E-state index < -0.39 is 0 Å². The quantitative estimate of drug-likeness (QED) is 0.167. The van der Waals surface area contributed by atoms with Gasteiger partial charge in [0.2, 0.25) is 0 Å². The van der Waals surface area contributed by atoms with Gasteiger partial charge in [0.15, 0.2) is 5.65 Å². The molecule has 8 heteroatoms. The van der Waals surface area contributed by atoms with Gasteiger partial charge in [0, 0.05) is 49.3 Å². The molecule has 0 bridgehead atoms. The lowest BCUT2D eigenvalue weighted by atomic mass is 10.2. The number of nitrogens with zero attached hydrogens (tertiary/aromatic N) is 7. The van der Waals surface area contributed by atoms with Crippen molar-refractivity contribution in [2.75, 3.05) is 0 Å². The number of imidazole rings is 1. The van der Waals surface area contributed by atoms with Crippen LogP contribution in [0.25, 0.3) is 133 Å². The van der Waals surface area contributed by atoms with Crippen LogP contribution in [0.3, 0.4) is 0 Å². The van der Waals surface area contributed by atoms with E-state index in [2.05, 4.69) is 249 Å². The average Bonchev–Trinajstić information content (AvgIpc) is 4.24. The van der Waals surface area contributed by atoms with E-state index in [0.29, 0.717) is 22.5 Å². The smallest absolute Gasteiger partial charge is 0.309 e.